The molecule has 0 aliphatic rings. The van der Waals surface area contributed by atoms with E-state index in [1.165, 1.54) is 5.56 Å². The van der Waals surface area contributed by atoms with Crippen molar-refractivity contribution in [2.75, 3.05) is 0 Å². The van der Waals surface area contributed by atoms with Crippen LogP contribution in [0.1, 0.15) is 20.2 Å². The fourth-order valence-corrected chi connectivity index (χ4v) is 1.02. The Morgan fingerprint density at radius 2 is 1.80 bits per heavy atom. The van der Waals surface area contributed by atoms with E-state index in [4.69, 9.17) is 0 Å². The average molecular weight is 211 g/mol. The van der Waals surface area contributed by atoms with Crippen molar-refractivity contribution in [2.45, 2.75) is 11.8 Å². The molecule has 0 fully saturated rings. The van der Waals surface area contributed by atoms with Crippen molar-refractivity contribution < 1.29 is 2.85 Å². The maximum Gasteiger partial charge on any atom is 2.00 e. The van der Waals surface area contributed by atoms with E-state index in [-0.39, 0.29) is 25.9 Å². The van der Waals surface area contributed by atoms with E-state index in [1.54, 1.807) is 0 Å². The Balaban J connectivity index is -0.000000270. The average Bonchev–Trinajstić information content (AvgIpc) is 1.90. The van der Waals surface area contributed by atoms with Gasteiger partial charge in [-0.25, -0.2) is 0 Å². The molecule has 10 heavy (non-hydrogen) atoms. The first kappa shape index (κ1) is 10.5. The van der Waals surface area contributed by atoms with E-state index in [1.807, 2.05) is 18.2 Å². The molecule has 0 spiro atoms. The number of benzene rings is 1. The Bertz CT molecular complexity index is 180. The summed E-state index contributed by atoms with van der Waals surface area (Å²) in [6.07, 6.45) is 0. The Kier molecular flexibility index (Phi) is 5.40. The van der Waals surface area contributed by atoms with E-state index in [0.717, 1.165) is 0 Å². The summed E-state index contributed by atoms with van der Waals surface area (Å²) in [5.74, 6) is 0. The molecule has 1 rings (SSSR count). The summed E-state index contributed by atoms with van der Waals surface area (Å²) < 4.78 is 0. The summed E-state index contributed by atoms with van der Waals surface area (Å²) >= 11 is 3.48. The van der Waals surface area contributed by atoms with Gasteiger partial charge in [0.1, 0.15) is 0 Å². The summed E-state index contributed by atoms with van der Waals surface area (Å²) in [6.45, 7) is 2.12. The number of alkyl halides is 1. The molecule has 0 N–H and O–H groups in total. The number of hydrogen-bond donors (Lipinski definition) is 0. The second-order valence-electron chi connectivity index (χ2n) is 2.03. The molecule has 0 bridgehead atoms. The topological polar surface area (TPSA) is 0 Å². The van der Waals surface area contributed by atoms with Gasteiger partial charge in [0.25, 0.3) is 0 Å². The van der Waals surface area contributed by atoms with Gasteiger partial charge in [0.2, 0.25) is 0 Å². The molecule has 1 aromatic rings. The van der Waals surface area contributed by atoms with Crippen LogP contribution in [0.25, 0.3) is 0 Å². The Labute approximate surface area is 89.3 Å². The standard InChI is InChI=1S/C8H9Br.Mg.2H/c1-7(9)8-5-3-2-4-6-8;;;/h2-7H,1H3;;;/q;+2;2*-1. The minimum absolute atomic E-state index is 0. The summed E-state index contributed by atoms with van der Waals surface area (Å²) in [5, 5.41) is 0. The monoisotopic (exact) mass is 210 g/mol. The van der Waals surface area contributed by atoms with Crippen LogP contribution in [-0.4, -0.2) is 23.1 Å². The van der Waals surface area contributed by atoms with Crippen LogP contribution in [0.2, 0.25) is 0 Å². The van der Waals surface area contributed by atoms with Gasteiger partial charge < -0.3 is 2.85 Å². The fraction of sp³-hybridized carbons (Fsp3) is 0.250. The van der Waals surface area contributed by atoms with Crippen molar-refractivity contribution in [3.05, 3.63) is 35.9 Å². The van der Waals surface area contributed by atoms with Gasteiger partial charge >= 0.3 is 23.1 Å². The quantitative estimate of drug-likeness (QED) is 0.495. The first-order chi connectivity index (χ1) is 4.30. The Hall–Kier alpha value is 0.466. The van der Waals surface area contributed by atoms with Gasteiger partial charge in [0.15, 0.2) is 0 Å². The fourth-order valence-electron chi connectivity index (χ4n) is 0.718. The van der Waals surface area contributed by atoms with Crippen LogP contribution in [0.5, 0.6) is 0 Å². The first-order valence-electron chi connectivity index (χ1n) is 2.99. The summed E-state index contributed by atoms with van der Waals surface area (Å²) in [6, 6.07) is 10.3. The zero-order chi connectivity index (χ0) is 6.69. The molecule has 0 heterocycles. The first-order valence-corrected chi connectivity index (χ1v) is 3.91. The smallest absolute Gasteiger partial charge is 1.00 e. The predicted molar refractivity (Wildman–Crippen MR) is 51.8 cm³/mol. The largest absolute Gasteiger partial charge is 2.00 e. The van der Waals surface area contributed by atoms with Crippen molar-refractivity contribution >= 4 is 39.0 Å². The minimum atomic E-state index is 0. The SMILES string of the molecule is CC(Br)c1ccccc1.[H-].[H-].[Mg+2]. The van der Waals surface area contributed by atoms with Crippen LogP contribution in [0.4, 0.5) is 0 Å². The molecule has 0 amide bonds. The van der Waals surface area contributed by atoms with Gasteiger partial charge in [-0.15, -0.1) is 0 Å². The Morgan fingerprint density at radius 1 is 1.30 bits per heavy atom. The molecule has 0 nitrogen and oxygen atoms in total. The van der Waals surface area contributed by atoms with Crippen LogP contribution < -0.4 is 0 Å². The van der Waals surface area contributed by atoms with Gasteiger partial charge in [-0.05, 0) is 12.5 Å². The normalized spacial score (nSPS) is 11.8. The molecule has 0 saturated carbocycles. The van der Waals surface area contributed by atoms with Crippen LogP contribution in [0, 0.1) is 0 Å². The van der Waals surface area contributed by atoms with Crippen molar-refractivity contribution in [1.82, 2.24) is 0 Å². The molecule has 52 valence electrons. The molecule has 0 aliphatic heterocycles. The summed E-state index contributed by atoms with van der Waals surface area (Å²) in [5.41, 5.74) is 1.33. The second kappa shape index (κ2) is 5.16. The van der Waals surface area contributed by atoms with Gasteiger partial charge in [0.05, 0.1) is 0 Å². The van der Waals surface area contributed by atoms with E-state index in [0.29, 0.717) is 4.83 Å². The van der Waals surface area contributed by atoms with Crippen LogP contribution in [-0.2, 0) is 0 Å². The van der Waals surface area contributed by atoms with Crippen LogP contribution in [0.3, 0.4) is 0 Å². The van der Waals surface area contributed by atoms with Gasteiger partial charge in [-0.2, -0.15) is 0 Å². The number of rotatable bonds is 1. The number of hydrogen-bond acceptors (Lipinski definition) is 0. The molecule has 1 aromatic carbocycles. The van der Waals surface area contributed by atoms with Gasteiger partial charge in [-0.3, -0.25) is 0 Å². The molecule has 1 unspecified atom stereocenters. The molecular weight excluding hydrogens is 200 g/mol. The molecule has 2 heteroatoms. The molecular formula is C8H11BrMg. The van der Waals surface area contributed by atoms with Gasteiger partial charge in [0, 0.05) is 4.83 Å². The van der Waals surface area contributed by atoms with Crippen molar-refractivity contribution in [3.8, 4) is 0 Å². The third-order valence-electron chi connectivity index (χ3n) is 1.26. The van der Waals surface area contributed by atoms with Crippen LogP contribution >= 0.6 is 15.9 Å². The molecule has 1 atom stereocenters. The third-order valence-corrected chi connectivity index (χ3v) is 1.79. The molecule has 0 radical (unpaired) electrons. The van der Waals surface area contributed by atoms with Crippen molar-refractivity contribution in [2.24, 2.45) is 0 Å². The molecule has 0 saturated heterocycles. The number of halogens is 1. The summed E-state index contributed by atoms with van der Waals surface area (Å²) in [7, 11) is 0. The van der Waals surface area contributed by atoms with E-state index in [2.05, 4.69) is 35.0 Å². The maximum absolute atomic E-state index is 3.48. The van der Waals surface area contributed by atoms with E-state index in [9.17, 15) is 0 Å². The van der Waals surface area contributed by atoms with Crippen LogP contribution in [0.15, 0.2) is 30.3 Å². The van der Waals surface area contributed by atoms with Gasteiger partial charge in [-0.1, -0.05) is 46.3 Å². The Morgan fingerprint density at radius 3 is 2.10 bits per heavy atom. The molecule has 0 aromatic heterocycles. The van der Waals surface area contributed by atoms with E-state index >= 15 is 0 Å². The summed E-state index contributed by atoms with van der Waals surface area (Å²) in [4.78, 5) is 0.471. The minimum Gasteiger partial charge on any atom is -1.00 e. The third kappa shape index (κ3) is 3.04. The zero-order valence-electron chi connectivity index (χ0n) is 8.05. The second-order valence-corrected chi connectivity index (χ2v) is 3.40. The maximum atomic E-state index is 3.48. The van der Waals surface area contributed by atoms with E-state index < -0.39 is 0 Å². The predicted octanol–water partition coefficient (Wildman–Crippen LogP) is 2.99. The van der Waals surface area contributed by atoms with Crippen molar-refractivity contribution in [1.29, 1.82) is 0 Å². The van der Waals surface area contributed by atoms with Crippen molar-refractivity contribution in [3.63, 3.8) is 0 Å². The zero-order valence-corrected chi connectivity index (χ0v) is 9.05. The molecule has 0 aliphatic carbocycles.